The average Bonchev–Trinajstić information content (AvgIpc) is 2.82. The van der Waals surface area contributed by atoms with Crippen molar-refractivity contribution in [3.8, 4) is 5.69 Å². The topological polar surface area (TPSA) is 72.3 Å². The zero-order chi connectivity index (χ0) is 26.4. The van der Waals surface area contributed by atoms with E-state index < -0.39 is 27.8 Å². The van der Waals surface area contributed by atoms with E-state index in [2.05, 4.69) is 4.98 Å². The van der Waals surface area contributed by atoms with E-state index in [1.54, 1.807) is 31.2 Å². The Morgan fingerprint density at radius 1 is 0.944 bits per heavy atom. The summed E-state index contributed by atoms with van der Waals surface area (Å²) in [6.45, 7) is 5.36. The van der Waals surface area contributed by atoms with Gasteiger partial charge in [0.05, 0.1) is 33.1 Å². The summed E-state index contributed by atoms with van der Waals surface area (Å²) >= 11 is 0. The molecular weight excluding hydrogens is 491 g/mol. The number of aryl methyl sites for hydroxylation is 2. The number of halogens is 3. The van der Waals surface area contributed by atoms with Crippen molar-refractivity contribution in [3.63, 3.8) is 0 Å². The Morgan fingerprint density at radius 2 is 1.53 bits per heavy atom. The van der Waals surface area contributed by atoms with Gasteiger partial charge in [0, 0.05) is 7.05 Å². The van der Waals surface area contributed by atoms with Crippen molar-refractivity contribution >= 4 is 20.9 Å². The van der Waals surface area contributed by atoms with Gasteiger partial charge in [-0.3, -0.25) is 9.36 Å². The quantitative estimate of drug-likeness (QED) is 0.357. The second kappa shape index (κ2) is 9.18. The highest BCUT2D eigenvalue weighted by molar-refractivity contribution is 7.89. The standard InChI is InChI=1S/C26H24F3N3O3S/c1-16-13-17(2)15-20(14-16)32-24(30-23-8-6-5-7-22(23)25(32)33)18(3)31(4)36(34,35)21-11-9-19(10-12-21)26(27,28)29/h5-15,18H,1-4H3. The Hall–Kier alpha value is -3.50. The van der Waals surface area contributed by atoms with Crippen molar-refractivity contribution in [1.29, 1.82) is 0 Å². The van der Waals surface area contributed by atoms with Gasteiger partial charge in [-0.05, 0) is 80.4 Å². The van der Waals surface area contributed by atoms with Crippen LogP contribution in [0.25, 0.3) is 16.6 Å². The van der Waals surface area contributed by atoms with Gasteiger partial charge in [-0.2, -0.15) is 17.5 Å². The lowest BCUT2D eigenvalue weighted by molar-refractivity contribution is -0.137. The molecule has 0 fully saturated rings. The van der Waals surface area contributed by atoms with Gasteiger partial charge in [0.25, 0.3) is 5.56 Å². The van der Waals surface area contributed by atoms with Gasteiger partial charge in [-0.25, -0.2) is 13.4 Å². The molecule has 1 unspecified atom stereocenters. The third kappa shape index (κ3) is 4.66. The van der Waals surface area contributed by atoms with E-state index in [0.717, 1.165) is 39.7 Å². The molecule has 0 aliphatic heterocycles. The number of hydrogen-bond acceptors (Lipinski definition) is 4. The highest BCUT2D eigenvalue weighted by Gasteiger charge is 2.33. The minimum Gasteiger partial charge on any atom is -0.268 e. The van der Waals surface area contributed by atoms with Gasteiger partial charge in [0.1, 0.15) is 5.82 Å². The first-order valence-electron chi connectivity index (χ1n) is 11.1. The molecule has 0 N–H and O–H groups in total. The molecule has 36 heavy (non-hydrogen) atoms. The minimum absolute atomic E-state index is 0.182. The molecule has 0 aliphatic rings. The molecular formula is C26H24F3N3O3S. The number of sulfonamides is 1. The van der Waals surface area contributed by atoms with E-state index in [0.29, 0.717) is 16.6 Å². The van der Waals surface area contributed by atoms with Crippen LogP contribution in [0.4, 0.5) is 13.2 Å². The first kappa shape index (κ1) is 25.6. The van der Waals surface area contributed by atoms with Crippen LogP contribution in [0.2, 0.25) is 0 Å². The molecule has 10 heteroatoms. The Balaban J connectivity index is 1.87. The second-order valence-electron chi connectivity index (χ2n) is 8.69. The van der Waals surface area contributed by atoms with Crippen molar-refractivity contribution in [1.82, 2.24) is 13.9 Å². The molecule has 0 bridgehead atoms. The summed E-state index contributed by atoms with van der Waals surface area (Å²) in [4.78, 5) is 18.0. The summed E-state index contributed by atoms with van der Waals surface area (Å²) in [6.07, 6.45) is -4.58. The maximum absolute atomic E-state index is 13.6. The van der Waals surface area contributed by atoms with Crippen LogP contribution in [-0.2, 0) is 16.2 Å². The number of rotatable bonds is 5. The number of benzene rings is 3. The molecule has 1 aromatic heterocycles. The fourth-order valence-electron chi connectivity index (χ4n) is 4.11. The number of hydrogen-bond donors (Lipinski definition) is 0. The van der Waals surface area contributed by atoms with Gasteiger partial charge in [0.2, 0.25) is 10.0 Å². The largest absolute Gasteiger partial charge is 0.416 e. The minimum atomic E-state index is -4.58. The van der Waals surface area contributed by atoms with Gasteiger partial charge >= 0.3 is 6.18 Å². The van der Waals surface area contributed by atoms with Crippen LogP contribution < -0.4 is 5.56 Å². The van der Waals surface area contributed by atoms with E-state index in [-0.39, 0.29) is 16.3 Å². The molecule has 0 radical (unpaired) electrons. The molecule has 188 valence electrons. The van der Waals surface area contributed by atoms with Crippen LogP contribution in [-0.4, -0.2) is 29.3 Å². The monoisotopic (exact) mass is 515 g/mol. The van der Waals surface area contributed by atoms with E-state index in [9.17, 15) is 26.4 Å². The molecule has 4 rings (SSSR count). The van der Waals surface area contributed by atoms with Crippen molar-refractivity contribution < 1.29 is 21.6 Å². The van der Waals surface area contributed by atoms with Crippen molar-refractivity contribution in [2.24, 2.45) is 0 Å². The predicted molar refractivity (Wildman–Crippen MR) is 132 cm³/mol. The maximum Gasteiger partial charge on any atom is 0.416 e. The molecule has 3 aromatic carbocycles. The third-order valence-corrected chi connectivity index (χ3v) is 7.99. The maximum atomic E-state index is 13.6. The normalized spacial score (nSPS) is 13.3. The van der Waals surface area contributed by atoms with Crippen LogP contribution in [0.3, 0.4) is 0 Å². The number of aromatic nitrogens is 2. The zero-order valence-corrected chi connectivity index (χ0v) is 20.9. The first-order valence-corrected chi connectivity index (χ1v) is 12.5. The summed E-state index contributed by atoms with van der Waals surface area (Å²) < 4.78 is 67.9. The molecule has 1 atom stereocenters. The fraction of sp³-hybridized carbons (Fsp3) is 0.231. The lowest BCUT2D eigenvalue weighted by Crippen LogP contribution is -2.35. The van der Waals surface area contributed by atoms with E-state index >= 15 is 0 Å². The van der Waals surface area contributed by atoms with Crippen LogP contribution in [0, 0.1) is 13.8 Å². The predicted octanol–water partition coefficient (Wildman–Crippen LogP) is 5.40. The first-order chi connectivity index (χ1) is 16.8. The molecule has 1 heterocycles. The Bertz CT molecular complexity index is 1590. The van der Waals surface area contributed by atoms with Crippen molar-refractivity contribution in [2.45, 2.75) is 37.9 Å². The average molecular weight is 516 g/mol. The SMILES string of the molecule is Cc1cc(C)cc(-n2c(C(C)N(C)S(=O)(=O)c3ccc(C(F)(F)F)cc3)nc3ccccc3c2=O)c1. The lowest BCUT2D eigenvalue weighted by Gasteiger charge is -2.26. The van der Waals surface area contributed by atoms with Gasteiger partial charge < -0.3 is 0 Å². The number of para-hydroxylation sites is 1. The fourth-order valence-corrected chi connectivity index (χ4v) is 5.44. The molecule has 0 saturated carbocycles. The third-order valence-electron chi connectivity index (χ3n) is 6.04. The lowest BCUT2D eigenvalue weighted by atomic mass is 10.1. The Labute approximate surface area is 206 Å². The van der Waals surface area contributed by atoms with Gasteiger partial charge in [-0.1, -0.05) is 18.2 Å². The molecule has 6 nitrogen and oxygen atoms in total. The van der Waals surface area contributed by atoms with Crippen molar-refractivity contribution in [3.05, 3.63) is 99.6 Å². The number of fused-ring (bicyclic) bond motifs is 1. The van der Waals surface area contributed by atoms with E-state index in [4.69, 9.17) is 0 Å². The zero-order valence-electron chi connectivity index (χ0n) is 20.0. The molecule has 0 spiro atoms. The van der Waals surface area contributed by atoms with Crippen LogP contribution in [0.5, 0.6) is 0 Å². The van der Waals surface area contributed by atoms with E-state index in [1.807, 2.05) is 32.0 Å². The Kier molecular flexibility index (Phi) is 6.52. The number of alkyl halides is 3. The molecule has 4 aromatic rings. The van der Waals surface area contributed by atoms with Crippen LogP contribution in [0.15, 0.2) is 76.4 Å². The molecule has 0 amide bonds. The summed E-state index contributed by atoms with van der Waals surface area (Å²) in [5, 5.41) is 0.376. The smallest absolute Gasteiger partial charge is 0.268 e. The summed E-state index contributed by atoms with van der Waals surface area (Å²) in [6, 6.07) is 14.7. The van der Waals surface area contributed by atoms with Gasteiger partial charge in [-0.15, -0.1) is 0 Å². The summed E-state index contributed by atoms with van der Waals surface area (Å²) in [7, 11) is -2.91. The summed E-state index contributed by atoms with van der Waals surface area (Å²) in [5.74, 6) is 0.182. The van der Waals surface area contributed by atoms with Crippen LogP contribution in [0.1, 0.15) is 35.5 Å². The number of nitrogens with zero attached hydrogens (tertiary/aromatic N) is 3. The highest BCUT2D eigenvalue weighted by Crippen LogP contribution is 2.32. The van der Waals surface area contributed by atoms with Crippen molar-refractivity contribution in [2.75, 3.05) is 7.05 Å². The van der Waals surface area contributed by atoms with E-state index in [1.165, 1.54) is 11.6 Å². The highest BCUT2D eigenvalue weighted by atomic mass is 32.2. The van der Waals surface area contributed by atoms with Crippen LogP contribution >= 0.6 is 0 Å². The molecule has 0 aliphatic carbocycles. The molecule has 0 saturated heterocycles. The second-order valence-corrected chi connectivity index (χ2v) is 10.7. The summed E-state index contributed by atoms with van der Waals surface area (Å²) in [5.41, 5.74) is 1.47. The van der Waals surface area contributed by atoms with Gasteiger partial charge in [0.15, 0.2) is 0 Å². The Morgan fingerprint density at radius 3 is 2.11 bits per heavy atom.